The molecule has 0 aliphatic carbocycles. The van der Waals surface area contributed by atoms with Crippen molar-refractivity contribution in [1.82, 2.24) is 4.90 Å². The largest absolute Gasteiger partial charge is 0.388 e. The Labute approximate surface area is 85.9 Å². The van der Waals surface area contributed by atoms with E-state index in [9.17, 15) is 0 Å². The van der Waals surface area contributed by atoms with Gasteiger partial charge in [-0.05, 0) is 31.0 Å². The van der Waals surface area contributed by atoms with Gasteiger partial charge in [0.1, 0.15) is 0 Å². The van der Waals surface area contributed by atoms with Crippen molar-refractivity contribution in [3.8, 4) is 0 Å². The molecule has 1 aliphatic rings. The highest BCUT2D eigenvalue weighted by molar-refractivity contribution is 5.55. The van der Waals surface area contributed by atoms with E-state index in [1.165, 1.54) is 16.8 Å². The molecule has 2 rings (SSSR count). The molecule has 0 unspecified atom stereocenters. The van der Waals surface area contributed by atoms with Crippen LogP contribution < -0.4 is 5.32 Å². The van der Waals surface area contributed by atoms with Crippen molar-refractivity contribution in [3.05, 3.63) is 29.3 Å². The van der Waals surface area contributed by atoms with Crippen molar-refractivity contribution in [2.75, 3.05) is 12.4 Å². The van der Waals surface area contributed by atoms with Crippen molar-refractivity contribution in [3.63, 3.8) is 0 Å². The molecule has 0 saturated heterocycles. The lowest BCUT2D eigenvalue weighted by Crippen LogP contribution is -2.24. The molecule has 0 amide bonds. The van der Waals surface area contributed by atoms with E-state index in [2.05, 4.69) is 42.3 Å². The van der Waals surface area contributed by atoms with E-state index in [0.29, 0.717) is 6.04 Å². The Bertz CT molecular complexity index is 331. The molecule has 0 atom stereocenters. The molecule has 0 bridgehead atoms. The van der Waals surface area contributed by atoms with E-state index in [1.54, 1.807) is 0 Å². The summed E-state index contributed by atoms with van der Waals surface area (Å²) in [5, 5.41) is 3.26. The molecule has 1 N–H and O–H groups in total. The zero-order chi connectivity index (χ0) is 10.1. The molecule has 2 heteroatoms. The molecule has 1 aromatic carbocycles. The van der Waals surface area contributed by atoms with E-state index in [4.69, 9.17) is 0 Å². The molecule has 1 heterocycles. The molecular formula is C12H18N2. The molecule has 1 aromatic rings. The SMILES string of the molecule is CNc1cccc2c1CN(C(C)C)C2. The van der Waals surface area contributed by atoms with Gasteiger partial charge in [0, 0.05) is 31.9 Å². The molecule has 0 fully saturated rings. The third kappa shape index (κ3) is 1.50. The molecule has 76 valence electrons. The predicted octanol–water partition coefficient (Wildman–Crippen LogP) is 2.45. The lowest BCUT2D eigenvalue weighted by atomic mass is 10.1. The quantitative estimate of drug-likeness (QED) is 0.770. The highest BCUT2D eigenvalue weighted by atomic mass is 15.2. The third-order valence-electron chi connectivity index (χ3n) is 3.01. The van der Waals surface area contributed by atoms with Gasteiger partial charge in [-0.15, -0.1) is 0 Å². The van der Waals surface area contributed by atoms with Crippen molar-refractivity contribution in [1.29, 1.82) is 0 Å². The Hall–Kier alpha value is -1.02. The van der Waals surface area contributed by atoms with Gasteiger partial charge in [0.05, 0.1) is 0 Å². The summed E-state index contributed by atoms with van der Waals surface area (Å²) in [4.78, 5) is 2.49. The zero-order valence-electron chi connectivity index (χ0n) is 9.17. The Morgan fingerprint density at radius 3 is 2.71 bits per heavy atom. The van der Waals surface area contributed by atoms with Crippen LogP contribution in [0, 0.1) is 0 Å². The minimum absolute atomic E-state index is 0.632. The number of anilines is 1. The van der Waals surface area contributed by atoms with Crippen LogP contribution in [0.5, 0.6) is 0 Å². The first-order valence-electron chi connectivity index (χ1n) is 5.25. The van der Waals surface area contributed by atoms with Crippen LogP contribution in [-0.4, -0.2) is 18.0 Å². The first-order valence-corrected chi connectivity index (χ1v) is 5.25. The average molecular weight is 190 g/mol. The maximum atomic E-state index is 3.26. The van der Waals surface area contributed by atoms with Crippen LogP contribution in [0.25, 0.3) is 0 Å². The molecule has 2 nitrogen and oxygen atoms in total. The Kier molecular flexibility index (Phi) is 2.46. The highest BCUT2D eigenvalue weighted by Crippen LogP contribution is 2.29. The summed E-state index contributed by atoms with van der Waals surface area (Å²) in [6, 6.07) is 7.16. The van der Waals surface area contributed by atoms with Crippen LogP contribution in [0.4, 0.5) is 5.69 Å². The molecule has 0 aromatic heterocycles. The zero-order valence-corrected chi connectivity index (χ0v) is 9.17. The minimum Gasteiger partial charge on any atom is -0.388 e. The Morgan fingerprint density at radius 2 is 2.07 bits per heavy atom. The number of rotatable bonds is 2. The summed E-state index contributed by atoms with van der Waals surface area (Å²) in [5.41, 5.74) is 4.24. The second-order valence-electron chi connectivity index (χ2n) is 4.19. The van der Waals surface area contributed by atoms with Crippen LogP contribution in [0.3, 0.4) is 0 Å². The van der Waals surface area contributed by atoms with Gasteiger partial charge in [0.25, 0.3) is 0 Å². The van der Waals surface area contributed by atoms with Gasteiger partial charge < -0.3 is 5.32 Å². The van der Waals surface area contributed by atoms with Crippen molar-refractivity contribution in [2.24, 2.45) is 0 Å². The molecule has 14 heavy (non-hydrogen) atoms. The van der Waals surface area contributed by atoms with Crippen LogP contribution in [0.15, 0.2) is 18.2 Å². The van der Waals surface area contributed by atoms with E-state index in [0.717, 1.165) is 13.1 Å². The second kappa shape index (κ2) is 3.62. The number of hydrogen-bond donors (Lipinski definition) is 1. The van der Waals surface area contributed by atoms with Crippen molar-refractivity contribution in [2.45, 2.75) is 33.0 Å². The smallest absolute Gasteiger partial charge is 0.0386 e. The molecule has 0 radical (unpaired) electrons. The monoisotopic (exact) mass is 190 g/mol. The number of nitrogens with zero attached hydrogens (tertiary/aromatic N) is 1. The summed E-state index contributed by atoms with van der Waals surface area (Å²) in [6.07, 6.45) is 0. The van der Waals surface area contributed by atoms with Crippen LogP contribution in [-0.2, 0) is 13.1 Å². The topological polar surface area (TPSA) is 15.3 Å². The predicted molar refractivity (Wildman–Crippen MR) is 60.4 cm³/mol. The van der Waals surface area contributed by atoms with Crippen molar-refractivity contribution >= 4 is 5.69 Å². The summed E-state index contributed by atoms with van der Waals surface area (Å²) < 4.78 is 0. The lowest BCUT2D eigenvalue weighted by molar-refractivity contribution is 0.227. The minimum atomic E-state index is 0.632. The Balaban J connectivity index is 2.30. The fraction of sp³-hybridized carbons (Fsp3) is 0.500. The van der Waals surface area contributed by atoms with Crippen LogP contribution in [0.1, 0.15) is 25.0 Å². The maximum absolute atomic E-state index is 3.26. The number of fused-ring (bicyclic) bond motifs is 1. The molecule has 0 saturated carbocycles. The van der Waals surface area contributed by atoms with E-state index in [1.807, 2.05) is 7.05 Å². The van der Waals surface area contributed by atoms with Crippen LogP contribution >= 0.6 is 0 Å². The van der Waals surface area contributed by atoms with E-state index < -0.39 is 0 Å². The average Bonchev–Trinajstić information content (AvgIpc) is 2.60. The van der Waals surface area contributed by atoms with Gasteiger partial charge in [0.2, 0.25) is 0 Å². The highest BCUT2D eigenvalue weighted by Gasteiger charge is 2.22. The van der Waals surface area contributed by atoms with Gasteiger partial charge in [-0.3, -0.25) is 4.90 Å². The van der Waals surface area contributed by atoms with Gasteiger partial charge in [0.15, 0.2) is 0 Å². The summed E-state index contributed by atoms with van der Waals surface area (Å²) in [7, 11) is 1.99. The van der Waals surface area contributed by atoms with Gasteiger partial charge >= 0.3 is 0 Å². The second-order valence-corrected chi connectivity index (χ2v) is 4.19. The maximum Gasteiger partial charge on any atom is 0.0386 e. The summed E-state index contributed by atoms with van der Waals surface area (Å²) in [5.74, 6) is 0. The van der Waals surface area contributed by atoms with Gasteiger partial charge in [-0.1, -0.05) is 12.1 Å². The third-order valence-corrected chi connectivity index (χ3v) is 3.01. The first-order chi connectivity index (χ1) is 6.72. The first kappa shape index (κ1) is 9.53. The normalized spacial score (nSPS) is 16.0. The fourth-order valence-corrected chi connectivity index (χ4v) is 2.05. The molecule has 1 aliphatic heterocycles. The number of benzene rings is 1. The van der Waals surface area contributed by atoms with E-state index >= 15 is 0 Å². The van der Waals surface area contributed by atoms with Crippen LogP contribution in [0.2, 0.25) is 0 Å². The van der Waals surface area contributed by atoms with Crippen molar-refractivity contribution < 1.29 is 0 Å². The number of hydrogen-bond acceptors (Lipinski definition) is 2. The Morgan fingerprint density at radius 1 is 1.29 bits per heavy atom. The standard InChI is InChI=1S/C12H18N2/c1-9(2)14-7-10-5-4-6-12(13-3)11(10)8-14/h4-6,9,13H,7-8H2,1-3H3. The summed E-state index contributed by atoms with van der Waals surface area (Å²) in [6.45, 7) is 6.70. The number of nitrogens with one attached hydrogen (secondary N) is 1. The lowest BCUT2D eigenvalue weighted by Gasteiger charge is -2.19. The summed E-state index contributed by atoms with van der Waals surface area (Å²) >= 11 is 0. The van der Waals surface area contributed by atoms with Gasteiger partial charge in [-0.2, -0.15) is 0 Å². The molecular weight excluding hydrogens is 172 g/mol. The molecule has 0 spiro atoms. The van der Waals surface area contributed by atoms with E-state index in [-0.39, 0.29) is 0 Å². The van der Waals surface area contributed by atoms with Gasteiger partial charge in [-0.25, -0.2) is 0 Å². The fourth-order valence-electron chi connectivity index (χ4n) is 2.05.